The lowest BCUT2D eigenvalue weighted by molar-refractivity contribution is 0.170. The third-order valence-electron chi connectivity index (χ3n) is 3.58. The highest BCUT2D eigenvalue weighted by Gasteiger charge is 2.14. The fourth-order valence-corrected chi connectivity index (χ4v) is 2.19. The van der Waals surface area contributed by atoms with Gasteiger partial charge in [-0.2, -0.15) is 0 Å². The maximum absolute atomic E-state index is 4.94. The Balaban J connectivity index is 0.000000224. The van der Waals surface area contributed by atoms with Crippen molar-refractivity contribution in [1.82, 2.24) is 9.88 Å². The average molecular weight is 262 g/mol. The molecule has 3 nitrogen and oxygen atoms in total. The summed E-state index contributed by atoms with van der Waals surface area (Å²) < 4.78 is 4.94. The van der Waals surface area contributed by atoms with Gasteiger partial charge in [0.25, 0.3) is 0 Å². The number of hydrogen-bond acceptors (Lipinski definition) is 3. The van der Waals surface area contributed by atoms with Crippen molar-refractivity contribution >= 4 is 0 Å². The van der Waals surface area contributed by atoms with Crippen molar-refractivity contribution in [1.29, 1.82) is 0 Å². The molecule has 0 saturated carbocycles. The number of hydrogen-bond donors (Lipinski definition) is 0. The normalized spacial score (nSPS) is 18.9. The van der Waals surface area contributed by atoms with Gasteiger partial charge in [-0.15, -0.1) is 0 Å². The fourth-order valence-electron chi connectivity index (χ4n) is 2.19. The number of ether oxygens (including phenoxy) is 1. The van der Waals surface area contributed by atoms with E-state index in [1.165, 1.54) is 43.7 Å². The molecule has 0 N–H and O–H groups in total. The van der Waals surface area contributed by atoms with Crippen LogP contribution in [0.1, 0.15) is 50.4 Å². The summed E-state index contributed by atoms with van der Waals surface area (Å²) in [5, 5.41) is 0. The minimum atomic E-state index is 0.534. The van der Waals surface area contributed by atoms with E-state index in [4.69, 9.17) is 4.74 Å². The number of pyridine rings is 1. The van der Waals surface area contributed by atoms with Crippen LogP contribution >= 0.6 is 0 Å². The van der Waals surface area contributed by atoms with Crippen LogP contribution in [0.2, 0.25) is 0 Å². The maximum Gasteiger partial charge on any atom is 0.0547 e. The third kappa shape index (κ3) is 4.92. The predicted molar refractivity (Wildman–Crippen MR) is 78.3 cm³/mol. The molecule has 0 spiro atoms. The molecule has 2 aliphatic heterocycles. The van der Waals surface area contributed by atoms with Crippen molar-refractivity contribution in [3.63, 3.8) is 0 Å². The first-order chi connectivity index (χ1) is 9.25. The van der Waals surface area contributed by atoms with Gasteiger partial charge < -0.3 is 4.74 Å². The molecule has 3 rings (SSSR count). The summed E-state index contributed by atoms with van der Waals surface area (Å²) in [7, 11) is 0. The molecule has 0 aromatic carbocycles. The summed E-state index contributed by atoms with van der Waals surface area (Å²) in [6.45, 7) is 9.90. The molecule has 0 atom stereocenters. The second-order valence-electron chi connectivity index (χ2n) is 5.66. The summed E-state index contributed by atoms with van der Waals surface area (Å²) in [5.41, 5.74) is 2.43. The average Bonchev–Trinajstić information content (AvgIpc) is 2.93. The van der Waals surface area contributed by atoms with E-state index < -0.39 is 0 Å². The van der Waals surface area contributed by atoms with Crippen LogP contribution in [-0.2, 0) is 11.3 Å². The van der Waals surface area contributed by atoms with Gasteiger partial charge >= 0.3 is 0 Å². The van der Waals surface area contributed by atoms with Gasteiger partial charge in [-0.3, -0.25) is 9.88 Å². The van der Waals surface area contributed by atoms with E-state index in [0.29, 0.717) is 5.92 Å². The van der Waals surface area contributed by atoms with Crippen molar-refractivity contribution < 1.29 is 4.74 Å². The van der Waals surface area contributed by atoms with Gasteiger partial charge in [0.05, 0.1) is 5.69 Å². The van der Waals surface area contributed by atoms with E-state index in [1.807, 2.05) is 0 Å². The van der Waals surface area contributed by atoms with Crippen LogP contribution < -0.4 is 0 Å². The van der Waals surface area contributed by atoms with E-state index in [-0.39, 0.29) is 0 Å². The molecule has 3 heterocycles. The monoisotopic (exact) mass is 262 g/mol. The molecule has 0 amide bonds. The molecule has 2 saturated heterocycles. The first-order valence-electron chi connectivity index (χ1n) is 7.51. The minimum absolute atomic E-state index is 0.534. The highest BCUT2D eigenvalue weighted by atomic mass is 16.5. The third-order valence-corrected chi connectivity index (χ3v) is 3.58. The fraction of sp³-hybridized carbons (Fsp3) is 0.688. The Kier molecular flexibility index (Phi) is 5.80. The lowest BCUT2D eigenvalue weighted by atomic mass is 10.1. The van der Waals surface area contributed by atoms with E-state index in [1.54, 1.807) is 0 Å². The van der Waals surface area contributed by atoms with Gasteiger partial charge in [-0.05, 0) is 50.4 Å². The lowest BCUT2D eigenvalue weighted by Gasteiger charge is -2.30. The van der Waals surface area contributed by atoms with Crippen LogP contribution in [0.3, 0.4) is 0 Å². The first kappa shape index (κ1) is 14.5. The van der Waals surface area contributed by atoms with Crippen LogP contribution in [0.4, 0.5) is 0 Å². The van der Waals surface area contributed by atoms with E-state index >= 15 is 0 Å². The van der Waals surface area contributed by atoms with Crippen LogP contribution in [0.15, 0.2) is 18.2 Å². The SMILES string of the molecule is C1CCOC1.CC(C)c1cccc(CN2CCC2)n1. The zero-order valence-electron chi connectivity index (χ0n) is 12.3. The molecule has 0 unspecified atom stereocenters. The van der Waals surface area contributed by atoms with Crippen molar-refractivity contribution in [2.45, 2.75) is 45.6 Å². The van der Waals surface area contributed by atoms with Crippen molar-refractivity contribution in [3.05, 3.63) is 29.6 Å². The van der Waals surface area contributed by atoms with Crippen LogP contribution in [0.25, 0.3) is 0 Å². The topological polar surface area (TPSA) is 25.4 Å². The van der Waals surface area contributed by atoms with E-state index in [0.717, 1.165) is 19.8 Å². The molecule has 2 aliphatic rings. The maximum atomic E-state index is 4.94. The summed E-state index contributed by atoms with van der Waals surface area (Å²) in [5.74, 6) is 0.534. The Bertz CT molecular complexity index is 363. The first-order valence-corrected chi connectivity index (χ1v) is 7.51. The van der Waals surface area contributed by atoms with Gasteiger partial charge in [-0.25, -0.2) is 0 Å². The molecular weight excluding hydrogens is 236 g/mol. The Morgan fingerprint density at radius 3 is 2.37 bits per heavy atom. The van der Waals surface area contributed by atoms with Crippen LogP contribution in [0.5, 0.6) is 0 Å². The van der Waals surface area contributed by atoms with E-state index in [9.17, 15) is 0 Å². The predicted octanol–water partition coefficient (Wildman–Crippen LogP) is 3.21. The number of nitrogens with zero attached hydrogens (tertiary/aromatic N) is 2. The molecule has 19 heavy (non-hydrogen) atoms. The second-order valence-corrected chi connectivity index (χ2v) is 5.66. The highest BCUT2D eigenvalue weighted by Crippen LogP contribution is 2.14. The molecular formula is C16H26N2O. The second kappa shape index (κ2) is 7.61. The molecule has 0 radical (unpaired) electrons. The van der Waals surface area contributed by atoms with Gasteiger partial charge in [-0.1, -0.05) is 19.9 Å². The van der Waals surface area contributed by atoms with Gasteiger partial charge in [0.2, 0.25) is 0 Å². The van der Waals surface area contributed by atoms with Crippen LogP contribution in [0, 0.1) is 0 Å². The highest BCUT2D eigenvalue weighted by molar-refractivity contribution is 5.14. The largest absolute Gasteiger partial charge is 0.381 e. The summed E-state index contributed by atoms with van der Waals surface area (Å²) in [6, 6.07) is 6.37. The smallest absolute Gasteiger partial charge is 0.0547 e. The molecule has 106 valence electrons. The number of likely N-dealkylation sites (tertiary alicyclic amines) is 1. The Morgan fingerprint density at radius 2 is 1.89 bits per heavy atom. The Morgan fingerprint density at radius 1 is 1.16 bits per heavy atom. The lowest BCUT2D eigenvalue weighted by Crippen LogP contribution is -2.36. The molecule has 0 aliphatic carbocycles. The Hall–Kier alpha value is -0.930. The molecule has 3 heteroatoms. The van der Waals surface area contributed by atoms with Gasteiger partial charge in [0.15, 0.2) is 0 Å². The standard InChI is InChI=1S/C12H18N2.C4H8O/c1-10(2)12-6-3-5-11(13-12)9-14-7-4-8-14;1-2-4-5-3-1/h3,5-6,10H,4,7-9H2,1-2H3;1-4H2. The zero-order chi connectivity index (χ0) is 13.5. The summed E-state index contributed by atoms with van der Waals surface area (Å²) >= 11 is 0. The van der Waals surface area contributed by atoms with Gasteiger partial charge in [0, 0.05) is 25.5 Å². The number of aromatic nitrogens is 1. The van der Waals surface area contributed by atoms with Gasteiger partial charge in [0.1, 0.15) is 0 Å². The van der Waals surface area contributed by atoms with Crippen LogP contribution in [-0.4, -0.2) is 36.2 Å². The minimum Gasteiger partial charge on any atom is -0.381 e. The zero-order valence-corrected chi connectivity index (χ0v) is 12.3. The molecule has 1 aromatic rings. The molecule has 2 fully saturated rings. The number of rotatable bonds is 3. The molecule has 0 bridgehead atoms. The van der Waals surface area contributed by atoms with Crippen molar-refractivity contribution in [2.75, 3.05) is 26.3 Å². The Labute approximate surface area is 117 Å². The van der Waals surface area contributed by atoms with Crippen molar-refractivity contribution in [3.8, 4) is 0 Å². The summed E-state index contributed by atoms with van der Waals surface area (Å²) in [4.78, 5) is 7.09. The van der Waals surface area contributed by atoms with Crippen molar-refractivity contribution in [2.24, 2.45) is 0 Å². The molecule has 1 aromatic heterocycles. The summed E-state index contributed by atoms with van der Waals surface area (Å²) in [6.07, 6.45) is 3.91. The quantitative estimate of drug-likeness (QED) is 0.836. The van der Waals surface area contributed by atoms with E-state index in [2.05, 4.69) is 41.9 Å².